The second kappa shape index (κ2) is 15.5. The molecule has 58 heavy (non-hydrogen) atoms. The van der Waals surface area contributed by atoms with Crippen LogP contribution in [0.15, 0.2) is 241 Å². The number of para-hydroxylation sites is 1. The highest BCUT2D eigenvalue weighted by Crippen LogP contribution is 2.45. The fourth-order valence-corrected chi connectivity index (χ4v) is 8.02. The third-order valence-electron chi connectivity index (χ3n) is 10.9. The molecule has 0 aliphatic rings. The van der Waals surface area contributed by atoms with E-state index in [1.54, 1.807) is 0 Å². The summed E-state index contributed by atoms with van der Waals surface area (Å²) < 4.78 is 6.68. The Labute approximate surface area is 339 Å². The van der Waals surface area contributed by atoms with E-state index >= 15 is 0 Å². The zero-order valence-electron chi connectivity index (χ0n) is 31.9. The number of rotatable bonds is 9. The molecule has 0 atom stereocenters. The molecule has 0 fully saturated rings. The Morgan fingerprint density at radius 2 is 0.603 bits per heavy atom. The predicted octanol–water partition coefficient (Wildman–Crippen LogP) is 15.9. The van der Waals surface area contributed by atoms with Crippen molar-refractivity contribution >= 4 is 28.0 Å². The maximum absolute atomic E-state index is 6.68. The first-order chi connectivity index (χ1) is 28.8. The molecule has 0 aliphatic carbocycles. The Kier molecular flexibility index (Phi) is 9.27. The molecule has 9 aromatic carbocycles. The average molecular weight is 742 g/mol. The summed E-state index contributed by atoms with van der Waals surface area (Å²) in [6.45, 7) is 0. The van der Waals surface area contributed by atoms with Crippen molar-refractivity contribution in [3.63, 3.8) is 0 Å². The fourth-order valence-electron chi connectivity index (χ4n) is 8.02. The Bertz CT molecular complexity index is 2930. The van der Waals surface area contributed by atoms with Crippen molar-refractivity contribution in [2.45, 2.75) is 0 Å². The van der Waals surface area contributed by atoms with Gasteiger partial charge in [0.05, 0.1) is 0 Å². The molecule has 2 heteroatoms. The van der Waals surface area contributed by atoms with Crippen molar-refractivity contribution in [1.29, 1.82) is 0 Å². The van der Waals surface area contributed by atoms with Crippen LogP contribution >= 0.6 is 0 Å². The van der Waals surface area contributed by atoms with Crippen LogP contribution < -0.4 is 4.90 Å². The summed E-state index contributed by atoms with van der Waals surface area (Å²) >= 11 is 0. The summed E-state index contributed by atoms with van der Waals surface area (Å²) in [4.78, 5) is 2.33. The zero-order valence-corrected chi connectivity index (χ0v) is 31.9. The van der Waals surface area contributed by atoms with E-state index in [1.165, 1.54) is 33.4 Å². The minimum atomic E-state index is 0.877. The second-order valence-electron chi connectivity index (χ2n) is 14.5. The van der Waals surface area contributed by atoms with Gasteiger partial charge in [0.15, 0.2) is 0 Å². The van der Waals surface area contributed by atoms with Gasteiger partial charge in [0.25, 0.3) is 0 Å². The van der Waals surface area contributed by atoms with Crippen molar-refractivity contribution in [3.05, 3.63) is 237 Å². The zero-order chi connectivity index (χ0) is 38.7. The van der Waals surface area contributed by atoms with Crippen molar-refractivity contribution in [2.75, 3.05) is 4.90 Å². The van der Waals surface area contributed by atoms with E-state index in [1.807, 2.05) is 6.07 Å². The lowest BCUT2D eigenvalue weighted by atomic mass is 9.93. The minimum Gasteiger partial charge on any atom is -0.455 e. The van der Waals surface area contributed by atoms with Gasteiger partial charge in [-0.05, 0) is 92.5 Å². The summed E-state index contributed by atoms with van der Waals surface area (Å²) in [6.07, 6.45) is 0. The number of hydrogen-bond acceptors (Lipinski definition) is 2. The van der Waals surface area contributed by atoms with Crippen LogP contribution in [0.2, 0.25) is 0 Å². The molecule has 0 saturated carbocycles. The first-order valence-corrected chi connectivity index (χ1v) is 19.8. The first kappa shape index (κ1) is 34.8. The first-order valence-electron chi connectivity index (χ1n) is 19.8. The van der Waals surface area contributed by atoms with E-state index in [-0.39, 0.29) is 0 Å². The van der Waals surface area contributed by atoms with Gasteiger partial charge >= 0.3 is 0 Å². The molecular formula is C56H39NO. The van der Waals surface area contributed by atoms with Gasteiger partial charge in [-0.3, -0.25) is 0 Å². The number of furan rings is 1. The molecule has 274 valence electrons. The number of nitrogens with zero attached hydrogens (tertiary/aromatic N) is 1. The van der Waals surface area contributed by atoms with Crippen LogP contribution in [0.25, 0.3) is 77.9 Å². The van der Waals surface area contributed by atoms with E-state index in [4.69, 9.17) is 4.42 Å². The van der Waals surface area contributed by atoms with E-state index in [9.17, 15) is 0 Å². The lowest BCUT2D eigenvalue weighted by Gasteiger charge is -2.26. The van der Waals surface area contributed by atoms with Crippen LogP contribution in [0.1, 0.15) is 0 Å². The van der Waals surface area contributed by atoms with Crippen LogP contribution in [0.4, 0.5) is 17.1 Å². The monoisotopic (exact) mass is 741 g/mol. The second-order valence-corrected chi connectivity index (χ2v) is 14.5. The molecule has 1 heterocycles. The van der Waals surface area contributed by atoms with Crippen molar-refractivity contribution in [2.24, 2.45) is 0 Å². The summed E-state index contributed by atoms with van der Waals surface area (Å²) in [5, 5.41) is 1.11. The largest absolute Gasteiger partial charge is 0.455 e. The van der Waals surface area contributed by atoms with Crippen molar-refractivity contribution in [1.82, 2.24) is 0 Å². The number of anilines is 3. The Morgan fingerprint density at radius 1 is 0.259 bits per heavy atom. The number of fused-ring (bicyclic) bond motifs is 1. The third-order valence-corrected chi connectivity index (χ3v) is 10.9. The van der Waals surface area contributed by atoms with Crippen molar-refractivity contribution in [3.8, 4) is 67.0 Å². The van der Waals surface area contributed by atoms with Gasteiger partial charge in [-0.15, -0.1) is 0 Å². The maximum atomic E-state index is 6.68. The van der Waals surface area contributed by atoms with Gasteiger partial charge in [0, 0.05) is 33.6 Å². The Balaban J connectivity index is 1.02. The van der Waals surface area contributed by atoms with Gasteiger partial charge in [-0.25, -0.2) is 0 Å². The maximum Gasteiger partial charge on any atom is 0.143 e. The van der Waals surface area contributed by atoms with Gasteiger partial charge in [-0.2, -0.15) is 0 Å². The van der Waals surface area contributed by atoms with Gasteiger partial charge < -0.3 is 9.32 Å². The molecule has 10 aromatic rings. The molecule has 2 nitrogen and oxygen atoms in total. The van der Waals surface area contributed by atoms with Crippen LogP contribution in [-0.2, 0) is 0 Å². The van der Waals surface area contributed by atoms with E-state index < -0.39 is 0 Å². The Morgan fingerprint density at radius 3 is 1.09 bits per heavy atom. The third kappa shape index (κ3) is 6.78. The molecule has 1 aromatic heterocycles. The van der Waals surface area contributed by atoms with E-state index in [0.29, 0.717) is 0 Å². The SMILES string of the molecule is c1ccc(-c2ccc(-c3ccc(N(c4ccc(-c5ccccc5)cc4)c4ccc(-c5ccccc5-c5oc6ccccc6c5-c5ccccc5)cc4)cc3)cc2)cc1. The minimum absolute atomic E-state index is 0.877. The summed E-state index contributed by atoms with van der Waals surface area (Å²) in [5.74, 6) is 0.877. The average Bonchev–Trinajstić information content (AvgIpc) is 3.70. The predicted molar refractivity (Wildman–Crippen MR) is 244 cm³/mol. The molecule has 0 aliphatic heterocycles. The standard InChI is InChI=1S/C56H39NO/c1-4-14-40(15-5-1)42-24-26-43(27-25-42)45-30-36-49(37-31-45)57(48-34-28-44(29-35-48)41-16-6-2-7-17-41)50-38-32-46(33-39-50)51-20-10-11-21-52(51)56-55(47-18-8-3-9-19-47)53-22-12-13-23-54(53)58-56/h1-39H. The van der Waals surface area contributed by atoms with Gasteiger partial charge in [0.2, 0.25) is 0 Å². The smallest absolute Gasteiger partial charge is 0.143 e. The molecule has 0 bridgehead atoms. The molecule has 0 spiro atoms. The molecule has 0 amide bonds. The summed E-state index contributed by atoms with van der Waals surface area (Å²) in [6, 6.07) is 84.0. The van der Waals surface area contributed by atoms with Gasteiger partial charge in [0.1, 0.15) is 11.3 Å². The molecule has 10 rings (SSSR count). The van der Waals surface area contributed by atoms with Gasteiger partial charge in [-0.1, -0.05) is 194 Å². The lowest BCUT2D eigenvalue weighted by molar-refractivity contribution is 0.632. The summed E-state index contributed by atoms with van der Waals surface area (Å²) in [7, 11) is 0. The quantitative estimate of drug-likeness (QED) is 0.146. The molecule has 0 unspecified atom stereocenters. The highest BCUT2D eigenvalue weighted by Gasteiger charge is 2.21. The normalized spacial score (nSPS) is 11.1. The molecule has 0 N–H and O–H groups in total. The van der Waals surface area contributed by atoms with E-state index in [0.717, 1.165) is 61.6 Å². The number of benzene rings is 9. The highest BCUT2D eigenvalue weighted by molar-refractivity contribution is 6.03. The molecular weight excluding hydrogens is 703 g/mol. The van der Waals surface area contributed by atoms with E-state index in [2.05, 4.69) is 235 Å². The number of hydrogen-bond donors (Lipinski definition) is 0. The molecule has 0 radical (unpaired) electrons. The van der Waals surface area contributed by atoms with Crippen molar-refractivity contribution < 1.29 is 4.42 Å². The highest BCUT2D eigenvalue weighted by atomic mass is 16.3. The summed E-state index contributed by atoms with van der Waals surface area (Å²) in [5.41, 5.74) is 16.9. The lowest BCUT2D eigenvalue weighted by Crippen LogP contribution is -2.09. The topological polar surface area (TPSA) is 16.4 Å². The molecule has 0 saturated heterocycles. The Hall–Kier alpha value is -7.68. The fraction of sp³-hybridized carbons (Fsp3) is 0. The van der Waals surface area contributed by atoms with Crippen LogP contribution in [0.3, 0.4) is 0 Å². The van der Waals surface area contributed by atoms with Crippen LogP contribution in [0, 0.1) is 0 Å². The van der Waals surface area contributed by atoms with Crippen LogP contribution in [-0.4, -0.2) is 0 Å². The van der Waals surface area contributed by atoms with Crippen LogP contribution in [0.5, 0.6) is 0 Å².